The third-order valence-corrected chi connectivity index (χ3v) is 8.38. The van der Waals surface area contributed by atoms with Gasteiger partial charge in [-0.25, -0.2) is 4.98 Å². The molecule has 1 saturated heterocycles. The molecule has 3 heterocycles. The summed E-state index contributed by atoms with van der Waals surface area (Å²) in [5.74, 6) is 0.0269. The van der Waals surface area contributed by atoms with Gasteiger partial charge >= 0.3 is 0 Å². The summed E-state index contributed by atoms with van der Waals surface area (Å²) >= 11 is 1.56. The number of anilines is 1. The molecule has 1 N–H and O–H groups in total. The molecule has 1 aromatic heterocycles. The Balaban J connectivity index is 1.32. The maximum absolute atomic E-state index is 13.5. The van der Waals surface area contributed by atoms with Gasteiger partial charge in [-0.1, -0.05) is 37.3 Å². The monoisotopic (exact) mass is 506 g/mol. The summed E-state index contributed by atoms with van der Waals surface area (Å²) in [6.07, 6.45) is 9.70. The van der Waals surface area contributed by atoms with Crippen LogP contribution in [-0.2, 0) is 22.5 Å². The van der Waals surface area contributed by atoms with Crippen molar-refractivity contribution in [2.45, 2.75) is 51.3 Å². The normalized spacial score (nSPS) is 24.2. The van der Waals surface area contributed by atoms with E-state index in [0.29, 0.717) is 17.2 Å². The molecule has 7 nitrogen and oxygen atoms in total. The summed E-state index contributed by atoms with van der Waals surface area (Å²) in [5.41, 5.74) is 3.40. The number of carbonyl (C=O) groups is 2. The molecule has 3 unspecified atom stereocenters. The highest BCUT2D eigenvalue weighted by molar-refractivity contribution is 7.15. The number of methoxy groups -OCH3 is 1. The van der Waals surface area contributed by atoms with Gasteiger partial charge in [-0.05, 0) is 44.0 Å². The van der Waals surface area contributed by atoms with E-state index in [-0.39, 0.29) is 29.9 Å². The summed E-state index contributed by atoms with van der Waals surface area (Å²) in [6.45, 7) is 4.64. The van der Waals surface area contributed by atoms with Crippen molar-refractivity contribution < 1.29 is 14.3 Å². The first-order valence-electron chi connectivity index (χ1n) is 12.7. The number of piperidine rings is 1. The molecule has 36 heavy (non-hydrogen) atoms. The number of thiazole rings is 1. The highest BCUT2D eigenvalue weighted by Gasteiger charge is 2.31. The van der Waals surface area contributed by atoms with Crippen LogP contribution in [0.1, 0.15) is 58.7 Å². The van der Waals surface area contributed by atoms with Crippen molar-refractivity contribution in [2.24, 2.45) is 5.92 Å². The molecule has 0 bridgehead atoms. The van der Waals surface area contributed by atoms with Gasteiger partial charge in [0, 0.05) is 55.1 Å². The maximum atomic E-state index is 13.5. The molecule has 8 heteroatoms. The van der Waals surface area contributed by atoms with E-state index in [1.54, 1.807) is 18.4 Å². The fourth-order valence-electron chi connectivity index (χ4n) is 5.36. The molecular formula is C28H34N4O3S. The number of ether oxygens (including phenoxy) is 1. The molecule has 5 rings (SSSR count). The van der Waals surface area contributed by atoms with E-state index in [0.717, 1.165) is 55.6 Å². The second-order valence-electron chi connectivity index (χ2n) is 10.0. The largest absolute Gasteiger partial charge is 0.377 e. The first kappa shape index (κ1) is 24.9. The summed E-state index contributed by atoms with van der Waals surface area (Å²) in [5, 5.41) is 3.65. The van der Waals surface area contributed by atoms with Gasteiger partial charge in [0.05, 0.1) is 17.8 Å². The molecule has 190 valence electrons. The Kier molecular flexibility index (Phi) is 7.37. The Labute approximate surface area is 216 Å². The molecule has 1 aromatic carbocycles. The fraction of sp³-hybridized carbons (Fsp3) is 0.464. The van der Waals surface area contributed by atoms with Crippen LogP contribution < -0.4 is 5.32 Å². The van der Waals surface area contributed by atoms with Crippen LogP contribution in [0.3, 0.4) is 0 Å². The Morgan fingerprint density at radius 1 is 1.22 bits per heavy atom. The number of likely N-dealkylation sites (N-methyl/N-ethyl adjacent to an activating group) is 1. The minimum Gasteiger partial charge on any atom is -0.377 e. The number of hydrogen-bond donors (Lipinski definition) is 1. The van der Waals surface area contributed by atoms with Gasteiger partial charge in [0.15, 0.2) is 5.13 Å². The third-order valence-electron chi connectivity index (χ3n) is 7.39. The number of nitrogens with zero attached hydrogens (tertiary/aromatic N) is 3. The van der Waals surface area contributed by atoms with E-state index in [1.807, 2.05) is 47.4 Å². The van der Waals surface area contributed by atoms with Crippen molar-refractivity contribution in [2.75, 3.05) is 32.6 Å². The fourth-order valence-corrected chi connectivity index (χ4v) is 6.45. The van der Waals surface area contributed by atoms with Crippen LogP contribution in [0.25, 0.3) is 0 Å². The number of likely N-dealkylation sites (tertiary alicyclic amines) is 1. The van der Waals surface area contributed by atoms with Gasteiger partial charge in [-0.15, -0.1) is 11.3 Å². The number of nitrogens with one attached hydrogen (secondary N) is 1. The summed E-state index contributed by atoms with van der Waals surface area (Å²) < 4.78 is 5.47. The van der Waals surface area contributed by atoms with Crippen molar-refractivity contribution in [3.8, 4) is 0 Å². The Morgan fingerprint density at radius 2 is 2.08 bits per heavy atom. The first-order valence-corrected chi connectivity index (χ1v) is 13.6. The third kappa shape index (κ3) is 5.16. The SMILES string of the molecule is COC1C=CC(C(=O)N2CCCCC2c2cccc(C(=O)Nc3nc4c(s3)CN(C)CC4)c2)=CC1C. The zero-order valence-electron chi connectivity index (χ0n) is 21.2. The lowest BCUT2D eigenvalue weighted by Crippen LogP contribution is -2.39. The van der Waals surface area contributed by atoms with Crippen LogP contribution in [0.15, 0.2) is 48.1 Å². The van der Waals surface area contributed by atoms with Crippen LogP contribution in [-0.4, -0.2) is 59.9 Å². The molecule has 2 aromatic rings. The van der Waals surface area contributed by atoms with Crippen LogP contribution in [0.2, 0.25) is 0 Å². The lowest BCUT2D eigenvalue weighted by Gasteiger charge is -2.37. The van der Waals surface area contributed by atoms with E-state index < -0.39 is 0 Å². The molecule has 0 spiro atoms. The molecule has 0 radical (unpaired) electrons. The van der Waals surface area contributed by atoms with Gasteiger partial charge in [0.2, 0.25) is 0 Å². The standard InChI is InChI=1S/C28H34N4O3S/c1-18-15-21(10-11-24(18)35-3)27(34)32-13-5-4-9-23(32)19-7-6-8-20(16-19)26(33)30-28-29-22-12-14-31(2)17-25(22)36-28/h6-8,10-11,15-16,18,23-24H,4-5,9,12-14,17H2,1-3H3,(H,29,30,33). The summed E-state index contributed by atoms with van der Waals surface area (Å²) in [4.78, 5) is 36.8. The maximum Gasteiger partial charge on any atom is 0.257 e. The van der Waals surface area contributed by atoms with Crippen LogP contribution in [0, 0.1) is 5.92 Å². The van der Waals surface area contributed by atoms with E-state index in [2.05, 4.69) is 29.2 Å². The number of hydrogen-bond acceptors (Lipinski definition) is 6. The molecule has 0 saturated carbocycles. The van der Waals surface area contributed by atoms with E-state index in [4.69, 9.17) is 4.74 Å². The number of fused-ring (bicyclic) bond motifs is 1. The van der Waals surface area contributed by atoms with Crippen LogP contribution in [0.4, 0.5) is 5.13 Å². The number of aromatic nitrogens is 1. The molecule has 3 aliphatic rings. The highest BCUT2D eigenvalue weighted by Crippen LogP contribution is 2.34. The van der Waals surface area contributed by atoms with Gasteiger partial charge in [0.25, 0.3) is 11.8 Å². The van der Waals surface area contributed by atoms with Crippen molar-refractivity contribution in [3.05, 3.63) is 69.8 Å². The van der Waals surface area contributed by atoms with Crippen molar-refractivity contribution >= 4 is 28.3 Å². The zero-order valence-corrected chi connectivity index (χ0v) is 22.0. The number of amides is 2. The highest BCUT2D eigenvalue weighted by atomic mass is 32.1. The molecule has 3 atom stereocenters. The summed E-state index contributed by atoms with van der Waals surface area (Å²) in [7, 11) is 3.79. The minimum absolute atomic E-state index is 0.00168. The first-order chi connectivity index (χ1) is 17.4. The lowest BCUT2D eigenvalue weighted by atomic mass is 9.91. The average Bonchev–Trinajstić information content (AvgIpc) is 3.29. The van der Waals surface area contributed by atoms with E-state index in [1.165, 1.54) is 4.88 Å². The van der Waals surface area contributed by atoms with Crippen molar-refractivity contribution in [3.63, 3.8) is 0 Å². The molecular weight excluding hydrogens is 472 g/mol. The van der Waals surface area contributed by atoms with Crippen LogP contribution in [0.5, 0.6) is 0 Å². The molecule has 1 fully saturated rings. The van der Waals surface area contributed by atoms with Gasteiger partial charge in [0.1, 0.15) is 0 Å². The van der Waals surface area contributed by atoms with E-state index >= 15 is 0 Å². The van der Waals surface area contributed by atoms with Gasteiger partial charge < -0.3 is 14.5 Å². The lowest BCUT2D eigenvalue weighted by molar-refractivity contribution is -0.130. The number of rotatable bonds is 5. The Bertz CT molecular complexity index is 1200. The van der Waals surface area contributed by atoms with Crippen molar-refractivity contribution in [1.29, 1.82) is 0 Å². The van der Waals surface area contributed by atoms with Crippen LogP contribution >= 0.6 is 11.3 Å². The van der Waals surface area contributed by atoms with Gasteiger partial charge in [-0.2, -0.15) is 0 Å². The predicted molar refractivity (Wildman–Crippen MR) is 142 cm³/mol. The Hall–Kier alpha value is -2.81. The van der Waals surface area contributed by atoms with Gasteiger partial charge in [-0.3, -0.25) is 14.9 Å². The second-order valence-corrected chi connectivity index (χ2v) is 11.1. The smallest absolute Gasteiger partial charge is 0.257 e. The summed E-state index contributed by atoms with van der Waals surface area (Å²) in [6, 6.07) is 7.65. The topological polar surface area (TPSA) is 74.8 Å². The molecule has 2 amide bonds. The Morgan fingerprint density at radius 3 is 2.89 bits per heavy atom. The van der Waals surface area contributed by atoms with Crippen molar-refractivity contribution in [1.82, 2.24) is 14.8 Å². The molecule has 2 aliphatic heterocycles. The number of carbonyl (C=O) groups excluding carboxylic acids is 2. The quantitative estimate of drug-likeness (QED) is 0.642. The molecule has 1 aliphatic carbocycles. The second kappa shape index (κ2) is 10.7. The minimum atomic E-state index is -0.164. The van der Waals surface area contributed by atoms with E-state index in [9.17, 15) is 9.59 Å². The predicted octanol–water partition coefficient (Wildman–Crippen LogP) is 4.58. The zero-order chi connectivity index (χ0) is 25.2. The average molecular weight is 507 g/mol. The number of benzene rings is 1.